The van der Waals surface area contributed by atoms with Gasteiger partial charge in [0.25, 0.3) is 0 Å². The summed E-state index contributed by atoms with van der Waals surface area (Å²) >= 11 is 0. The Morgan fingerprint density at radius 1 is 1.00 bits per heavy atom. The van der Waals surface area contributed by atoms with Crippen LogP contribution in [0.4, 0.5) is 5.95 Å². The minimum absolute atomic E-state index is 0.548. The van der Waals surface area contributed by atoms with Crippen molar-refractivity contribution < 1.29 is 4.74 Å². The fourth-order valence-electron chi connectivity index (χ4n) is 2.43. The largest absolute Gasteiger partial charge is 0.497 e. The first-order valence-electron chi connectivity index (χ1n) is 7.23. The highest BCUT2D eigenvalue weighted by Gasteiger charge is 2.06. The van der Waals surface area contributed by atoms with Crippen LogP contribution in [0.3, 0.4) is 0 Å². The molecule has 0 aliphatic carbocycles. The van der Waals surface area contributed by atoms with Crippen molar-refractivity contribution in [3.63, 3.8) is 0 Å². The first-order chi connectivity index (χ1) is 10.7. The van der Waals surface area contributed by atoms with Crippen molar-refractivity contribution in [3.8, 4) is 5.75 Å². The van der Waals surface area contributed by atoms with Crippen LogP contribution in [-0.4, -0.2) is 16.7 Å². The molecule has 3 aromatic rings. The number of anilines is 1. The highest BCUT2D eigenvalue weighted by atomic mass is 16.5. The Kier molecular flexibility index (Phi) is 4.10. The van der Waals surface area contributed by atoms with Crippen LogP contribution in [0.25, 0.3) is 0 Å². The maximum absolute atomic E-state index is 6.02. The monoisotopic (exact) mass is 293 g/mol. The van der Waals surface area contributed by atoms with Crippen LogP contribution < -0.4 is 10.5 Å². The van der Waals surface area contributed by atoms with Gasteiger partial charge >= 0.3 is 0 Å². The molecular weight excluding hydrogens is 274 g/mol. The van der Waals surface area contributed by atoms with E-state index in [4.69, 9.17) is 10.5 Å². The minimum atomic E-state index is 0.548. The van der Waals surface area contributed by atoms with Gasteiger partial charge in [-0.25, -0.2) is 4.98 Å². The second-order valence-electron chi connectivity index (χ2n) is 5.23. The first kappa shape index (κ1) is 14.2. The number of ether oxygens (including phenoxy) is 1. The molecule has 2 N–H and O–H groups in total. The Bertz CT molecular complexity index is 733. The number of benzene rings is 2. The molecule has 0 fully saturated rings. The normalized spacial score (nSPS) is 10.6. The van der Waals surface area contributed by atoms with Crippen LogP contribution in [0.2, 0.25) is 0 Å². The summed E-state index contributed by atoms with van der Waals surface area (Å²) in [5, 5.41) is 0. The standard InChI is InChI=1S/C18H19N3O/c1-22-17-9-7-14(8-10-17)11-16-13-21(18(19)20-16)12-15-5-3-2-4-6-15/h2-10,13H,11-12H2,1H3,(H2,19,20). The Labute approximate surface area is 130 Å². The molecule has 0 radical (unpaired) electrons. The average Bonchev–Trinajstić information content (AvgIpc) is 2.88. The van der Waals surface area contributed by atoms with E-state index in [1.54, 1.807) is 7.11 Å². The molecule has 22 heavy (non-hydrogen) atoms. The molecule has 0 saturated heterocycles. The van der Waals surface area contributed by atoms with Gasteiger partial charge < -0.3 is 15.0 Å². The second kappa shape index (κ2) is 6.35. The fourth-order valence-corrected chi connectivity index (χ4v) is 2.43. The van der Waals surface area contributed by atoms with E-state index in [1.807, 2.05) is 53.2 Å². The maximum Gasteiger partial charge on any atom is 0.200 e. The van der Waals surface area contributed by atoms with Gasteiger partial charge in [0.2, 0.25) is 5.95 Å². The molecule has 0 unspecified atom stereocenters. The van der Waals surface area contributed by atoms with E-state index < -0.39 is 0 Å². The zero-order valence-corrected chi connectivity index (χ0v) is 12.6. The Morgan fingerprint density at radius 3 is 2.41 bits per heavy atom. The van der Waals surface area contributed by atoms with E-state index in [0.717, 1.165) is 24.4 Å². The second-order valence-corrected chi connectivity index (χ2v) is 5.23. The summed E-state index contributed by atoms with van der Waals surface area (Å²) < 4.78 is 7.15. The number of nitrogens with two attached hydrogens (primary N) is 1. The smallest absolute Gasteiger partial charge is 0.200 e. The van der Waals surface area contributed by atoms with Gasteiger partial charge in [0.05, 0.1) is 19.3 Å². The van der Waals surface area contributed by atoms with Crippen LogP contribution >= 0.6 is 0 Å². The van der Waals surface area contributed by atoms with Crippen molar-refractivity contribution in [3.05, 3.63) is 77.6 Å². The number of hydrogen-bond acceptors (Lipinski definition) is 3. The van der Waals surface area contributed by atoms with Crippen molar-refractivity contribution in [2.75, 3.05) is 12.8 Å². The van der Waals surface area contributed by atoms with Crippen molar-refractivity contribution in [2.24, 2.45) is 0 Å². The first-order valence-corrected chi connectivity index (χ1v) is 7.23. The van der Waals surface area contributed by atoms with Crippen molar-refractivity contribution in [2.45, 2.75) is 13.0 Å². The third kappa shape index (κ3) is 3.28. The number of methoxy groups -OCH3 is 1. The molecule has 0 bridgehead atoms. The lowest BCUT2D eigenvalue weighted by Gasteiger charge is -2.04. The van der Waals surface area contributed by atoms with Gasteiger partial charge in [-0.2, -0.15) is 0 Å². The molecule has 0 aliphatic rings. The number of rotatable bonds is 5. The molecule has 3 rings (SSSR count). The molecule has 2 aromatic carbocycles. The van der Waals surface area contributed by atoms with Crippen LogP contribution in [-0.2, 0) is 13.0 Å². The van der Waals surface area contributed by atoms with Crippen molar-refractivity contribution in [1.29, 1.82) is 0 Å². The Balaban J connectivity index is 1.74. The summed E-state index contributed by atoms with van der Waals surface area (Å²) in [4.78, 5) is 4.45. The molecule has 1 heterocycles. The van der Waals surface area contributed by atoms with Gasteiger partial charge in [0.1, 0.15) is 5.75 Å². The molecule has 0 aliphatic heterocycles. The third-order valence-corrected chi connectivity index (χ3v) is 3.60. The topological polar surface area (TPSA) is 53.1 Å². The maximum atomic E-state index is 6.02. The van der Waals surface area contributed by atoms with Crippen LogP contribution in [0.5, 0.6) is 5.75 Å². The average molecular weight is 293 g/mol. The van der Waals surface area contributed by atoms with E-state index in [9.17, 15) is 0 Å². The molecule has 0 amide bonds. The number of hydrogen-bond donors (Lipinski definition) is 1. The van der Waals surface area contributed by atoms with Gasteiger partial charge in [0.15, 0.2) is 0 Å². The van der Waals surface area contributed by atoms with Gasteiger partial charge in [-0.1, -0.05) is 42.5 Å². The summed E-state index contributed by atoms with van der Waals surface area (Å²) in [7, 11) is 1.67. The lowest BCUT2D eigenvalue weighted by molar-refractivity contribution is 0.414. The molecule has 0 spiro atoms. The zero-order chi connectivity index (χ0) is 15.4. The minimum Gasteiger partial charge on any atom is -0.497 e. The molecule has 4 heteroatoms. The van der Waals surface area contributed by atoms with E-state index in [0.29, 0.717) is 5.95 Å². The summed E-state index contributed by atoms with van der Waals surface area (Å²) in [5.41, 5.74) is 9.39. The van der Waals surface area contributed by atoms with Crippen LogP contribution in [0, 0.1) is 0 Å². The molecular formula is C18H19N3O. The molecule has 1 aromatic heterocycles. The summed E-state index contributed by atoms with van der Waals surface area (Å²) in [5.74, 6) is 1.41. The van der Waals surface area contributed by atoms with Crippen molar-refractivity contribution >= 4 is 5.95 Å². The van der Waals surface area contributed by atoms with E-state index >= 15 is 0 Å². The summed E-state index contributed by atoms with van der Waals surface area (Å²) in [6.45, 7) is 0.738. The Morgan fingerprint density at radius 2 is 1.73 bits per heavy atom. The Hall–Kier alpha value is -2.75. The number of aromatic nitrogens is 2. The molecule has 0 saturated carbocycles. The third-order valence-electron chi connectivity index (χ3n) is 3.60. The predicted octanol–water partition coefficient (Wildman–Crippen LogP) is 3.11. The number of nitrogens with zero attached hydrogens (tertiary/aromatic N) is 2. The van der Waals surface area contributed by atoms with Gasteiger partial charge in [-0.05, 0) is 23.3 Å². The molecule has 4 nitrogen and oxygen atoms in total. The van der Waals surface area contributed by atoms with Crippen LogP contribution in [0.15, 0.2) is 60.8 Å². The molecule has 0 atom stereocenters. The van der Waals surface area contributed by atoms with E-state index in [2.05, 4.69) is 17.1 Å². The van der Waals surface area contributed by atoms with Crippen LogP contribution in [0.1, 0.15) is 16.8 Å². The predicted molar refractivity (Wildman–Crippen MR) is 88.0 cm³/mol. The number of imidazole rings is 1. The van der Waals surface area contributed by atoms with Gasteiger partial charge in [0, 0.05) is 12.6 Å². The highest BCUT2D eigenvalue weighted by molar-refractivity contribution is 5.32. The summed E-state index contributed by atoms with van der Waals surface area (Å²) in [6.07, 6.45) is 2.78. The lowest BCUT2D eigenvalue weighted by atomic mass is 10.1. The quantitative estimate of drug-likeness (QED) is 0.786. The number of nitrogen functional groups attached to an aromatic ring is 1. The SMILES string of the molecule is COc1ccc(Cc2cn(Cc3ccccc3)c(N)n2)cc1. The van der Waals surface area contributed by atoms with Crippen molar-refractivity contribution in [1.82, 2.24) is 9.55 Å². The lowest BCUT2D eigenvalue weighted by Crippen LogP contribution is -2.03. The zero-order valence-electron chi connectivity index (χ0n) is 12.6. The molecule has 112 valence electrons. The fraction of sp³-hybridized carbons (Fsp3) is 0.167. The van der Waals surface area contributed by atoms with E-state index in [-0.39, 0.29) is 0 Å². The summed E-state index contributed by atoms with van der Waals surface area (Å²) in [6, 6.07) is 18.2. The highest BCUT2D eigenvalue weighted by Crippen LogP contribution is 2.16. The van der Waals surface area contributed by atoms with Gasteiger partial charge in [-0.15, -0.1) is 0 Å². The van der Waals surface area contributed by atoms with Gasteiger partial charge in [-0.3, -0.25) is 0 Å². The van der Waals surface area contributed by atoms with E-state index in [1.165, 1.54) is 11.1 Å².